The summed E-state index contributed by atoms with van der Waals surface area (Å²) in [6.45, 7) is 7.13. The van der Waals surface area contributed by atoms with Gasteiger partial charge in [-0.3, -0.25) is 9.79 Å². The zero-order valence-corrected chi connectivity index (χ0v) is 18.4. The molecule has 0 fully saturated rings. The number of carbonyl (C=O) groups excluding carboxylic acids is 2. The van der Waals surface area contributed by atoms with Gasteiger partial charge in [-0.05, 0) is 44.1 Å². The summed E-state index contributed by atoms with van der Waals surface area (Å²) in [6, 6.07) is 9.50. The normalized spacial score (nSPS) is 12.7. The lowest BCUT2D eigenvalue weighted by molar-refractivity contribution is -0.125. The third-order valence-electron chi connectivity index (χ3n) is 4.65. The number of guanidine groups is 1. The predicted octanol–water partition coefficient (Wildman–Crippen LogP) is 2.52. The molecule has 0 aliphatic heterocycles. The van der Waals surface area contributed by atoms with E-state index in [0.717, 1.165) is 18.4 Å². The molecule has 0 aliphatic rings. The lowest BCUT2D eigenvalue weighted by Crippen LogP contribution is -2.42. The fraction of sp³-hybridized carbons (Fsp3) is 0.591. The van der Waals surface area contributed by atoms with Crippen LogP contribution in [0.4, 0.5) is 4.79 Å². The van der Waals surface area contributed by atoms with Crippen molar-refractivity contribution in [3.63, 3.8) is 0 Å². The molecule has 2 unspecified atom stereocenters. The molecular weight excluding hydrogens is 382 g/mol. The van der Waals surface area contributed by atoms with Crippen molar-refractivity contribution in [3.05, 3.63) is 35.9 Å². The van der Waals surface area contributed by atoms with Gasteiger partial charge in [0, 0.05) is 19.1 Å². The van der Waals surface area contributed by atoms with Gasteiger partial charge in [0.25, 0.3) is 0 Å². The van der Waals surface area contributed by atoms with Crippen molar-refractivity contribution in [1.29, 1.82) is 0 Å². The first-order valence-corrected chi connectivity index (χ1v) is 10.6. The van der Waals surface area contributed by atoms with Crippen LogP contribution in [0.15, 0.2) is 35.3 Å². The smallest absolute Gasteiger partial charge is 0.407 e. The Morgan fingerprint density at radius 1 is 1.07 bits per heavy atom. The van der Waals surface area contributed by atoms with Crippen LogP contribution in [0.2, 0.25) is 0 Å². The van der Waals surface area contributed by atoms with E-state index in [0.29, 0.717) is 25.3 Å². The summed E-state index contributed by atoms with van der Waals surface area (Å²) in [5.41, 5.74) is 11.6. The minimum atomic E-state index is -0.547. The molecule has 2 amide bonds. The molecule has 1 aromatic rings. The fourth-order valence-electron chi connectivity index (χ4n) is 2.87. The number of benzene rings is 1. The molecule has 6 N–H and O–H groups in total. The Bertz CT molecular complexity index is 660. The molecule has 8 heteroatoms. The average Bonchev–Trinajstić information content (AvgIpc) is 2.70. The average molecular weight is 420 g/mol. The second-order valence-electron chi connectivity index (χ2n) is 7.97. The summed E-state index contributed by atoms with van der Waals surface area (Å²) < 4.78 is 5.22. The van der Waals surface area contributed by atoms with Gasteiger partial charge < -0.3 is 26.8 Å². The van der Waals surface area contributed by atoms with Crippen molar-refractivity contribution in [2.24, 2.45) is 28.3 Å². The van der Waals surface area contributed by atoms with Crippen LogP contribution in [0, 0.1) is 11.8 Å². The number of rotatable bonds is 13. The van der Waals surface area contributed by atoms with E-state index in [1.54, 1.807) is 0 Å². The first-order valence-electron chi connectivity index (χ1n) is 10.6. The number of hydrogen-bond donors (Lipinski definition) is 4. The molecule has 30 heavy (non-hydrogen) atoms. The van der Waals surface area contributed by atoms with Gasteiger partial charge in [0.2, 0.25) is 5.91 Å². The van der Waals surface area contributed by atoms with Crippen LogP contribution < -0.4 is 22.1 Å². The van der Waals surface area contributed by atoms with Crippen LogP contribution >= 0.6 is 0 Å². The molecule has 2 atom stereocenters. The Hall–Kier alpha value is -2.77. The number of ether oxygens (including phenoxy) is 1. The highest BCUT2D eigenvalue weighted by Gasteiger charge is 2.21. The Morgan fingerprint density at radius 2 is 1.77 bits per heavy atom. The molecule has 0 aliphatic carbocycles. The largest absolute Gasteiger partial charge is 0.445 e. The quantitative estimate of drug-likeness (QED) is 0.222. The van der Waals surface area contributed by atoms with Gasteiger partial charge in [0.05, 0.1) is 5.92 Å². The number of nitrogens with one attached hydrogen (secondary N) is 2. The second kappa shape index (κ2) is 14.3. The Labute approximate surface area is 179 Å². The highest BCUT2D eigenvalue weighted by Crippen LogP contribution is 2.10. The number of carbonyl (C=O) groups is 2. The molecule has 0 heterocycles. The number of alkyl carbamates (subject to hydrolysis) is 1. The van der Waals surface area contributed by atoms with E-state index in [2.05, 4.69) is 29.5 Å². The molecular formula is C22H37N5O3. The SMILES string of the molecule is CC(C)CCC(C)NC(=O)C(CCCN=C(N)N)CNC(=O)OCc1ccccc1. The van der Waals surface area contributed by atoms with Crippen molar-refractivity contribution < 1.29 is 14.3 Å². The number of nitrogens with zero attached hydrogens (tertiary/aromatic N) is 1. The molecule has 1 aromatic carbocycles. The zero-order chi connectivity index (χ0) is 22.4. The first kappa shape index (κ1) is 25.3. The van der Waals surface area contributed by atoms with Crippen molar-refractivity contribution in [2.45, 2.75) is 59.1 Å². The standard InChI is InChI=1S/C22H37N5O3/c1-16(2)11-12-17(3)27-20(28)19(10-7-13-25-21(23)24)14-26-22(29)30-15-18-8-5-4-6-9-18/h4-6,8-9,16-17,19H,7,10-15H2,1-3H3,(H,26,29)(H,27,28)(H4,23,24,25). The Morgan fingerprint density at radius 3 is 2.40 bits per heavy atom. The summed E-state index contributed by atoms with van der Waals surface area (Å²) in [6.07, 6.45) is 2.60. The maximum atomic E-state index is 12.7. The monoisotopic (exact) mass is 419 g/mol. The van der Waals surface area contributed by atoms with Gasteiger partial charge in [-0.25, -0.2) is 4.79 Å². The van der Waals surface area contributed by atoms with Crippen molar-refractivity contribution in [3.8, 4) is 0 Å². The topological polar surface area (TPSA) is 132 Å². The number of amides is 2. The van der Waals surface area contributed by atoms with Crippen LogP contribution in [0.1, 0.15) is 52.0 Å². The third-order valence-corrected chi connectivity index (χ3v) is 4.65. The van der Waals surface area contributed by atoms with E-state index in [9.17, 15) is 9.59 Å². The van der Waals surface area contributed by atoms with Gasteiger partial charge in [0.1, 0.15) is 6.61 Å². The highest BCUT2D eigenvalue weighted by atomic mass is 16.5. The zero-order valence-electron chi connectivity index (χ0n) is 18.4. The van der Waals surface area contributed by atoms with Gasteiger partial charge in [-0.1, -0.05) is 44.2 Å². The van der Waals surface area contributed by atoms with Gasteiger partial charge in [0.15, 0.2) is 5.96 Å². The lowest BCUT2D eigenvalue weighted by atomic mass is 10.00. The highest BCUT2D eigenvalue weighted by molar-refractivity contribution is 5.80. The van der Waals surface area contributed by atoms with Gasteiger partial charge in [-0.2, -0.15) is 0 Å². The number of nitrogens with two attached hydrogens (primary N) is 2. The van der Waals surface area contributed by atoms with E-state index in [1.807, 2.05) is 37.3 Å². The summed E-state index contributed by atoms with van der Waals surface area (Å²) in [4.78, 5) is 28.7. The molecule has 8 nitrogen and oxygen atoms in total. The minimum Gasteiger partial charge on any atom is -0.445 e. The van der Waals surface area contributed by atoms with Crippen LogP contribution in [0.5, 0.6) is 0 Å². The van der Waals surface area contributed by atoms with Crippen LogP contribution in [0.3, 0.4) is 0 Å². The predicted molar refractivity (Wildman–Crippen MR) is 120 cm³/mol. The van der Waals surface area contributed by atoms with Crippen LogP contribution in [0.25, 0.3) is 0 Å². The molecule has 0 aromatic heterocycles. The molecule has 0 saturated heterocycles. The summed E-state index contributed by atoms with van der Waals surface area (Å²) in [5.74, 6) is 0.144. The maximum Gasteiger partial charge on any atom is 0.407 e. The lowest BCUT2D eigenvalue weighted by Gasteiger charge is -2.21. The molecule has 0 spiro atoms. The van der Waals surface area contributed by atoms with E-state index < -0.39 is 6.09 Å². The van der Waals surface area contributed by atoms with E-state index in [-0.39, 0.29) is 37.0 Å². The van der Waals surface area contributed by atoms with Gasteiger partial charge >= 0.3 is 6.09 Å². The van der Waals surface area contributed by atoms with E-state index in [1.165, 1.54) is 0 Å². The minimum absolute atomic E-state index is 0.0286. The fourth-order valence-corrected chi connectivity index (χ4v) is 2.87. The van der Waals surface area contributed by atoms with E-state index >= 15 is 0 Å². The maximum absolute atomic E-state index is 12.7. The Balaban J connectivity index is 2.53. The van der Waals surface area contributed by atoms with Crippen molar-refractivity contribution in [1.82, 2.24) is 10.6 Å². The van der Waals surface area contributed by atoms with Crippen LogP contribution in [-0.4, -0.2) is 37.1 Å². The van der Waals surface area contributed by atoms with E-state index in [4.69, 9.17) is 16.2 Å². The molecule has 1 rings (SSSR count). The van der Waals surface area contributed by atoms with Crippen LogP contribution in [-0.2, 0) is 16.1 Å². The molecule has 0 saturated carbocycles. The third kappa shape index (κ3) is 11.9. The Kier molecular flexibility index (Phi) is 12.0. The molecule has 168 valence electrons. The summed E-state index contributed by atoms with van der Waals surface area (Å²) in [5, 5.41) is 5.75. The van der Waals surface area contributed by atoms with Crippen molar-refractivity contribution in [2.75, 3.05) is 13.1 Å². The number of hydrogen-bond acceptors (Lipinski definition) is 4. The van der Waals surface area contributed by atoms with Crippen molar-refractivity contribution >= 4 is 18.0 Å². The second-order valence-corrected chi connectivity index (χ2v) is 7.97. The molecule has 0 radical (unpaired) electrons. The van der Waals surface area contributed by atoms with Gasteiger partial charge in [-0.15, -0.1) is 0 Å². The number of aliphatic imine (C=N–C) groups is 1. The molecule has 0 bridgehead atoms. The first-order chi connectivity index (χ1) is 14.3. The summed E-state index contributed by atoms with van der Waals surface area (Å²) >= 11 is 0. The summed E-state index contributed by atoms with van der Waals surface area (Å²) in [7, 11) is 0.